The van der Waals surface area contributed by atoms with Crippen LogP contribution >= 0.6 is 0 Å². The van der Waals surface area contributed by atoms with Gasteiger partial charge in [0.25, 0.3) is 0 Å². The van der Waals surface area contributed by atoms with Crippen molar-refractivity contribution in [2.24, 2.45) is 5.73 Å². The second kappa shape index (κ2) is 3.72. The second-order valence-electron chi connectivity index (χ2n) is 6.13. The molecular formula is C15H21N3. The van der Waals surface area contributed by atoms with Gasteiger partial charge < -0.3 is 16.0 Å². The summed E-state index contributed by atoms with van der Waals surface area (Å²) in [6, 6.07) is 6.84. The maximum Gasteiger partial charge on any atom is 0.0529 e. The predicted molar refractivity (Wildman–Crippen MR) is 74.1 cm³/mol. The molecular weight excluding hydrogens is 222 g/mol. The molecule has 3 heterocycles. The van der Waals surface area contributed by atoms with Gasteiger partial charge in [0, 0.05) is 31.2 Å². The lowest BCUT2D eigenvalue weighted by molar-refractivity contribution is 0.258. The monoisotopic (exact) mass is 243 g/mol. The van der Waals surface area contributed by atoms with Crippen LogP contribution in [-0.2, 0) is 6.42 Å². The first-order valence-corrected chi connectivity index (χ1v) is 7.14. The highest BCUT2D eigenvalue weighted by molar-refractivity contribution is 5.66. The highest BCUT2D eigenvalue weighted by Gasteiger charge is 2.45. The van der Waals surface area contributed by atoms with Crippen molar-refractivity contribution >= 4 is 5.69 Å². The fourth-order valence-corrected chi connectivity index (χ4v) is 4.17. The fourth-order valence-electron chi connectivity index (χ4n) is 4.17. The number of nitrogens with zero attached hydrogens (tertiary/aromatic N) is 1. The quantitative estimate of drug-likeness (QED) is 0.720. The van der Waals surface area contributed by atoms with E-state index in [1.54, 1.807) is 5.56 Å². The third-order valence-electron chi connectivity index (χ3n) is 4.96. The highest BCUT2D eigenvalue weighted by atomic mass is 15.2. The zero-order chi connectivity index (χ0) is 12.2. The van der Waals surface area contributed by atoms with Gasteiger partial charge in [-0.25, -0.2) is 0 Å². The number of nitrogens with one attached hydrogen (secondary N) is 1. The maximum atomic E-state index is 6.72. The van der Waals surface area contributed by atoms with Crippen LogP contribution in [0.4, 0.5) is 5.69 Å². The largest absolute Gasteiger partial charge is 0.369 e. The number of benzene rings is 1. The smallest absolute Gasteiger partial charge is 0.0529 e. The molecule has 1 saturated heterocycles. The summed E-state index contributed by atoms with van der Waals surface area (Å²) < 4.78 is 0. The van der Waals surface area contributed by atoms with Gasteiger partial charge in [-0.1, -0.05) is 18.2 Å². The Bertz CT molecular complexity index is 485. The van der Waals surface area contributed by atoms with E-state index in [9.17, 15) is 0 Å². The molecule has 1 fully saturated rings. The van der Waals surface area contributed by atoms with Crippen LogP contribution in [-0.4, -0.2) is 31.7 Å². The Morgan fingerprint density at radius 3 is 3.28 bits per heavy atom. The van der Waals surface area contributed by atoms with Gasteiger partial charge >= 0.3 is 0 Å². The fraction of sp³-hybridized carbons (Fsp3) is 0.600. The number of piperidine rings is 1. The Morgan fingerprint density at radius 2 is 2.33 bits per heavy atom. The summed E-state index contributed by atoms with van der Waals surface area (Å²) in [5.41, 5.74) is 11.2. The standard InChI is InChI=1S/C15H21N3/c16-15-9-17-7-6-13(15)12-5-1-3-11-4-2-8-18(10-15)14(11)12/h1,3,5,13,17H,2,4,6-10,16H2/t13-,15-/m0/s1. The number of rotatable bonds is 0. The van der Waals surface area contributed by atoms with Gasteiger partial charge in [-0.15, -0.1) is 0 Å². The molecule has 3 aliphatic rings. The Morgan fingerprint density at radius 1 is 1.39 bits per heavy atom. The first kappa shape index (κ1) is 10.8. The van der Waals surface area contributed by atoms with Crippen molar-refractivity contribution in [3.8, 4) is 0 Å². The summed E-state index contributed by atoms with van der Waals surface area (Å²) in [6.07, 6.45) is 3.69. The van der Waals surface area contributed by atoms with Crippen LogP contribution in [0.3, 0.4) is 0 Å². The zero-order valence-corrected chi connectivity index (χ0v) is 10.8. The van der Waals surface area contributed by atoms with E-state index in [0.29, 0.717) is 5.92 Å². The Balaban J connectivity index is 1.89. The van der Waals surface area contributed by atoms with Crippen LogP contribution in [0.1, 0.15) is 29.9 Å². The van der Waals surface area contributed by atoms with Crippen LogP contribution in [0.15, 0.2) is 18.2 Å². The molecule has 3 aliphatic heterocycles. The van der Waals surface area contributed by atoms with Crippen molar-refractivity contribution in [1.82, 2.24) is 5.32 Å². The number of anilines is 1. The van der Waals surface area contributed by atoms with E-state index in [0.717, 1.165) is 19.6 Å². The molecule has 96 valence electrons. The molecule has 0 aliphatic carbocycles. The molecule has 0 radical (unpaired) electrons. The Labute approximate surface area is 108 Å². The molecule has 3 heteroatoms. The first-order chi connectivity index (χ1) is 8.78. The van der Waals surface area contributed by atoms with Crippen molar-refractivity contribution in [3.63, 3.8) is 0 Å². The van der Waals surface area contributed by atoms with Gasteiger partial charge in [0.15, 0.2) is 0 Å². The Hall–Kier alpha value is -1.06. The molecule has 18 heavy (non-hydrogen) atoms. The van der Waals surface area contributed by atoms with E-state index in [1.165, 1.54) is 37.1 Å². The molecule has 0 spiro atoms. The van der Waals surface area contributed by atoms with Crippen LogP contribution in [0, 0.1) is 0 Å². The molecule has 3 N–H and O–H groups in total. The molecule has 1 aromatic rings. The first-order valence-electron chi connectivity index (χ1n) is 7.14. The van der Waals surface area contributed by atoms with Crippen molar-refractivity contribution in [3.05, 3.63) is 29.3 Å². The average molecular weight is 243 g/mol. The van der Waals surface area contributed by atoms with E-state index in [-0.39, 0.29) is 5.54 Å². The van der Waals surface area contributed by atoms with Crippen LogP contribution in [0.5, 0.6) is 0 Å². The summed E-state index contributed by atoms with van der Waals surface area (Å²) in [6.45, 7) is 4.26. The van der Waals surface area contributed by atoms with Crippen LogP contribution < -0.4 is 16.0 Å². The summed E-state index contributed by atoms with van der Waals surface area (Å²) in [7, 11) is 0. The number of nitrogens with two attached hydrogens (primary N) is 1. The number of hydrogen-bond acceptors (Lipinski definition) is 3. The molecule has 0 unspecified atom stereocenters. The topological polar surface area (TPSA) is 41.3 Å². The predicted octanol–water partition coefficient (Wildman–Crippen LogP) is 1.23. The lowest BCUT2D eigenvalue weighted by atomic mass is 9.70. The van der Waals surface area contributed by atoms with Gasteiger partial charge in [-0.05, 0) is 36.9 Å². The molecule has 0 bridgehead atoms. The van der Waals surface area contributed by atoms with Crippen molar-refractivity contribution in [2.45, 2.75) is 30.7 Å². The minimum absolute atomic E-state index is 0.0682. The Kier molecular flexibility index (Phi) is 2.24. The van der Waals surface area contributed by atoms with Gasteiger partial charge in [0.2, 0.25) is 0 Å². The third-order valence-corrected chi connectivity index (χ3v) is 4.96. The van der Waals surface area contributed by atoms with Crippen LogP contribution in [0.25, 0.3) is 0 Å². The minimum atomic E-state index is -0.0682. The normalized spacial score (nSPS) is 33.8. The molecule has 0 amide bonds. The summed E-state index contributed by atoms with van der Waals surface area (Å²) in [5.74, 6) is 0.544. The lowest BCUT2D eigenvalue weighted by Crippen LogP contribution is -2.65. The third kappa shape index (κ3) is 1.38. The van der Waals surface area contributed by atoms with Crippen molar-refractivity contribution < 1.29 is 0 Å². The minimum Gasteiger partial charge on any atom is -0.369 e. The van der Waals surface area contributed by atoms with Crippen LogP contribution in [0.2, 0.25) is 0 Å². The number of aryl methyl sites for hydroxylation is 1. The average Bonchev–Trinajstić information content (AvgIpc) is 2.38. The number of fused-ring (bicyclic) bond motifs is 2. The van der Waals surface area contributed by atoms with Crippen molar-refractivity contribution in [2.75, 3.05) is 31.1 Å². The van der Waals surface area contributed by atoms with Crippen molar-refractivity contribution in [1.29, 1.82) is 0 Å². The molecule has 3 nitrogen and oxygen atoms in total. The summed E-state index contributed by atoms with van der Waals surface area (Å²) >= 11 is 0. The van der Waals surface area contributed by atoms with E-state index >= 15 is 0 Å². The van der Waals surface area contributed by atoms with Gasteiger partial charge in [0.1, 0.15) is 0 Å². The molecule has 2 atom stereocenters. The van der Waals surface area contributed by atoms with Gasteiger partial charge in [0.05, 0.1) is 5.54 Å². The SMILES string of the molecule is N[C@]12CNCC[C@H]1c1cccc3c1N(CCC3)C2. The van der Waals surface area contributed by atoms with Gasteiger partial charge in [-0.3, -0.25) is 0 Å². The van der Waals surface area contributed by atoms with E-state index in [1.807, 2.05) is 0 Å². The summed E-state index contributed by atoms with van der Waals surface area (Å²) in [4.78, 5) is 2.54. The zero-order valence-electron chi connectivity index (χ0n) is 10.8. The summed E-state index contributed by atoms with van der Waals surface area (Å²) in [5, 5.41) is 3.48. The molecule has 0 aromatic heterocycles. The maximum absolute atomic E-state index is 6.72. The molecule has 1 aromatic carbocycles. The number of para-hydroxylation sites is 1. The van der Waals surface area contributed by atoms with E-state index in [2.05, 4.69) is 28.4 Å². The van der Waals surface area contributed by atoms with Gasteiger partial charge in [-0.2, -0.15) is 0 Å². The van der Waals surface area contributed by atoms with E-state index in [4.69, 9.17) is 5.73 Å². The molecule has 4 rings (SSSR count). The molecule has 0 saturated carbocycles. The van der Waals surface area contributed by atoms with E-state index < -0.39 is 0 Å². The second-order valence-corrected chi connectivity index (χ2v) is 6.13. The number of hydrogen-bond donors (Lipinski definition) is 2. The lowest BCUT2D eigenvalue weighted by Gasteiger charge is -2.52. The highest BCUT2D eigenvalue weighted by Crippen LogP contribution is 2.45.